The first kappa shape index (κ1) is 15.0. The molecule has 1 aromatic rings. The van der Waals surface area contributed by atoms with Crippen molar-refractivity contribution in [1.82, 2.24) is 14.7 Å². The minimum atomic E-state index is -1.13. The molecule has 2 saturated heterocycles. The Morgan fingerprint density at radius 1 is 1.32 bits per heavy atom. The van der Waals surface area contributed by atoms with Gasteiger partial charge in [0.05, 0.1) is 6.20 Å². The number of carbonyl (C=O) groups excluding carboxylic acids is 1. The molecule has 2 unspecified atom stereocenters. The summed E-state index contributed by atoms with van der Waals surface area (Å²) in [5.41, 5.74) is 0.120. The lowest BCUT2D eigenvalue weighted by Gasteiger charge is -2.39. The van der Waals surface area contributed by atoms with Gasteiger partial charge in [0.1, 0.15) is 11.3 Å². The van der Waals surface area contributed by atoms with Crippen LogP contribution < -0.4 is 0 Å². The molecule has 1 amide bonds. The Morgan fingerprint density at radius 2 is 1.95 bits per heavy atom. The molecule has 3 rings (SSSR count). The van der Waals surface area contributed by atoms with E-state index >= 15 is 0 Å². The number of aromatic carboxylic acids is 1. The minimum absolute atomic E-state index is 0.0376. The molecule has 2 fully saturated rings. The molecule has 22 heavy (non-hydrogen) atoms. The van der Waals surface area contributed by atoms with Crippen molar-refractivity contribution in [1.29, 1.82) is 0 Å². The summed E-state index contributed by atoms with van der Waals surface area (Å²) in [5, 5.41) is 22.3. The molecule has 120 valence electrons. The summed E-state index contributed by atoms with van der Waals surface area (Å²) in [6.07, 6.45) is 5.71. The van der Waals surface area contributed by atoms with Crippen molar-refractivity contribution in [3.8, 4) is 0 Å². The van der Waals surface area contributed by atoms with Crippen molar-refractivity contribution in [3.05, 3.63) is 17.5 Å². The molecule has 2 N–H and O–H groups in total. The van der Waals surface area contributed by atoms with Crippen LogP contribution in [-0.4, -0.2) is 55.5 Å². The van der Waals surface area contributed by atoms with Gasteiger partial charge in [0.2, 0.25) is 0 Å². The second-order valence-corrected chi connectivity index (χ2v) is 6.28. The largest absolute Gasteiger partial charge is 0.478 e. The maximum absolute atomic E-state index is 12.9. The van der Waals surface area contributed by atoms with Crippen molar-refractivity contribution in [2.45, 2.75) is 44.2 Å². The first-order chi connectivity index (χ1) is 10.5. The fourth-order valence-corrected chi connectivity index (χ4v) is 4.01. The third-order valence-electron chi connectivity index (χ3n) is 4.97. The number of carboxylic acids is 1. The molecule has 0 aliphatic carbocycles. The smallest absolute Gasteiger partial charge is 0.339 e. The van der Waals surface area contributed by atoms with Gasteiger partial charge < -0.3 is 15.1 Å². The van der Waals surface area contributed by atoms with Crippen molar-refractivity contribution in [2.75, 3.05) is 6.61 Å². The third-order valence-corrected chi connectivity index (χ3v) is 4.97. The van der Waals surface area contributed by atoms with Gasteiger partial charge in [0, 0.05) is 25.7 Å². The fraction of sp³-hybridized carbons (Fsp3) is 0.667. The van der Waals surface area contributed by atoms with Crippen LogP contribution in [0.1, 0.15) is 53.0 Å². The zero-order valence-electron chi connectivity index (χ0n) is 12.6. The van der Waals surface area contributed by atoms with Crippen LogP contribution >= 0.6 is 0 Å². The van der Waals surface area contributed by atoms with Crippen LogP contribution in [0.5, 0.6) is 0 Å². The van der Waals surface area contributed by atoms with Crippen molar-refractivity contribution in [2.24, 2.45) is 13.0 Å². The number of aryl methyl sites for hydroxylation is 1. The summed E-state index contributed by atoms with van der Waals surface area (Å²) in [4.78, 5) is 26.0. The second kappa shape index (κ2) is 5.72. The lowest BCUT2D eigenvalue weighted by Crippen LogP contribution is -2.47. The topological polar surface area (TPSA) is 95.7 Å². The Labute approximate surface area is 128 Å². The summed E-state index contributed by atoms with van der Waals surface area (Å²) in [6, 6.07) is 0.304. The van der Waals surface area contributed by atoms with Gasteiger partial charge in [-0.1, -0.05) is 0 Å². The van der Waals surface area contributed by atoms with E-state index in [0.29, 0.717) is 5.92 Å². The van der Waals surface area contributed by atoms with Crippen LogP contribution in [0.25, 0.3) is 0 Å². The van der Waals surface area contributed by atoms with Gasteiger partial charge in [0.25, 0.3) is 5.91 Å². The molecule has 0 saturated carbocycles. The third kappa shape index (κ3) is 2.39. The van der Waals surface area contributed by atoms with Crippen LogP contribution in [0.2, 0.25) is 0 Å². The number of fused-ring (bicyclic) bond motifs is 2. The highest BCUT2D eigenvalue weighted by Crippen LogP contribution is 2.40. The number of rotatable bonds is 4. The SMILES string of the molecule is Cn1ncc(C(=O)O)c1C(=O)N1C2CCC1CC(CCO)C2. The molecule has 2 atom stereocenters. The number of hydrogen-bond donors (Lipinski definition) is 2. The molecule has 3 heterocycles. The maximum atomic E-state index is 12.9. The first-order valence-corrected chi connectivity index (χ1v) is 7.71. The number of nitrogens with zero attached hydrogens (tertiary/aromatic N) is 3. The summed E-state index contributed by atoms with van der Waals surface area (Å²) < 4.78 is 1.35. The predicted molar refractivity (Wildman–Crippen MR) is 77.6 cm³/mol. The standard InChI is InChI=1S/C15H21N3O4/c1-17-13(12(8-16-17)15(21)22)14(20)18-10-2-3-11(18)7-9(6-10)4-5-19/h8-11,19H,2-7H2,1H3,(H,21,22). The van der Waals surface area contributed by atoms with E-state index in [-0.39, 0.29) is 35.9 Å². The molecule has 2 bridgehead atoms. The van der Waals surface area contributed by atoms with E-state index < -0.39 is 5.97 Å². The molecule has 0 aromatic carbocycles. The van der Waals surface area contributed by atoms with Gasteiger partial charge >= 0.3 is 5.97 Å². The minimum Gasteiger partial charge on any atom is -0.478 e. The zero-order chi connectivity index (χ0) is 15.9. The Bertz CT molecular complexity index is 584. The molecule has 2 aliphatic heterocycles. The number of hydrogen-bond acceptors (Lipinski definition) is 4. The Kier molecular flexibility index (Phi) is 3.90. The number of aliphatic hydroxyl groups excluding tert-OH is 1. The molecular formula is C15H21N3O4. The molecule has 1 aromatic heterocycles. The van der Waals surface area contributed by atoms with Crippen LogP contribution in [0.15, 0.2) is 6.20 Å². The van der Waals surface area contributed by atoms with Crippen LogP contribution in [0, 0.1) is 5.92 Å². The van der Waals surface area contributed by atoms with E-state index in [9.17, 15) is 14.7 Å². The molecule has 0 radical (unpaired) electrons. The van der Waals surface area contributed by atoms with E-state index in [1.807, 2.05) is 4.90 Å². The highest BCUT2D eigenvalue weighted by Gasteiger charge is 2.44. The van der Waals surface area contributed by atoms with E-state index in [4.69, 9.17) is 5.11 Å². The van der Waals surface area contributed by atoms with Gasteiger partial charge in [-0.3, -0.25) is 9.48 Å². The highest BCUT2D eigenvalue weighted by molar-refractivity contribution is 6.03. The Morgan fingerprint density at radius 3 is 2.50 bits per heavy atom. The second-order valence-electron chi connectivity index (χ2n) is 6.28. The highest BCUT2D eigenvalue weighted by atomic mass is 16.4. The summed E-state index contributed by atoms with van der Waals surface area (Å²) in [5.74, 6) is -0.900. The zero-order valence-corrected chi connectivity index (χ0v) is 12.6. The van der Waals surface area contributed by atoms with Crippen molar-refractivity contribution in [3.63, 3.8) is 0 Å². The van der Waals surface area contributed by atoms with Gasteiger partial charge in [0.15, 0.2) is 0 Å². The number of amides is 1. The van der Waals surface area contributed by atoms with E-state index in [1.54, 1.807) is 7.05 Å². The predicted octanol–water partition coefficient (Wildman–Crippen LogP) is 0.884. The van der Waals surface area contributed by atoms with Crippen molar-refractivity contribution < 1.29 is 19.8 Å². The van der Waals surface area contributed by atoms with Crippen LogP contribution in [-0.2, 0) is 7.05 Å². The van der Waals surface area contributed by atoms with Crippen molar-refractivity contribution >= 4 is 11.9 Å². The van der Waals surface area contributed by atoms with Gasteiger partial charge in [-0.05, 0) is 38.0 Å². The summed E-state index contributed by atoms with van der Waals surface area (Å²) >= 11 is 0. The monoisotopic (exact) mass is 307 g/mol. The lowest BCUT2D eigenvalue weighted by molar-refractivity contribution is 0.0481. The van der Waals surface area contributed by atoms with Gasteiger partial charge in [-0.2, -0.15) is 5.10 Å². The molecule has 2 aliphatic rings. The van der Waals surface area contributed by atoms with E-state index in [0.717, 1.165) is 32.1 Å². The van der Waals surface area contributed by atoms with E-state index in [2.05, 4.69) is 5.10 Å². The maximum Gasteiger partial charge on any atom is 0.339 e. The summed E-state index contributed by atoms with van der Waals surface area (Å²) in [6.45, 7) is 0.183. The fourth-order valence-electron chi connectivity index (χ4n) is 4.01. The average molecular weight is 307 g/mol. The normalized spacial score (nSPS) is 27.2. The number of piperidine rings is 1. The lowest BCUT2D eigenvalue weighted by atomic mass is 9.88. The van der Waals surface area contributed by atoms with Crippen LogP contribution in [0.3, 0.4) is 0 Å². The number of aliphatic hydroxyl groups is 1. The molecule has 0 spiro atoms. The molecule has 7 nitrogen and oxygen atoms in total. The molecular weight excluding hydrogens is 286 g/mol. The summed E-state index contributed by atoms with van der Waals surface area (Å²) in [7, 11) is 1.60. The van der Waals surface area contributed by atoms with Crippen LogP contribution in [0.4, 0.5) is 0 Å². The Balaban J connectivity index is 1.85. The molecule has 7 heteroatoms. The first-order valence-electron chi connectivity index (χ1n) is 7.71. The number of carboxylic acid groups (broad SMARTS) is 1. The Hall–Kier alpha value is -1.89. The quantitative estimate of drug-likeness (QED) is 0.861. The van der Waals surface area contributed by atoms with Gasteiger partial charge in [-0.25, -0.2) is 4.79 Å². The van der Waals surface area contributed by atoms with Gasteiger partial charge in [-0.15, -0.1) is 0 Å². The number of carbonyl (C=O) groups is 2. The average Bonchev–Trinajstić information content (AvgIpc) is 2.97. The number of aromatic nitrogens is 2. The van der Waals surface area contributed by atoms with E-state index in [1.165, 1.54) is 10.9 Å².